The molecule has 0 aliphatic heterocycles. The topological polar surface area (TPSA) is 0 Å². The summed E-state index contributed by atoms with van der Waals surface area (Å²) in [5, 5.41) is 2.41. The molecule has 0 aromatic heterocycles. The van der Waals surface area contributed by atoms with Gasteiger partial charge in [-0.05, 0) is 202 Å². The molecule has 0 atom stereocenters. The Balaban J connectivity index is 0.000000153. The minimum Gasteiger partial charge on any atom is -0.206 e. The monoisotopic (exact) mass is 1400 g/mol. The van der Waals surface area contributed by atoms with Crippen molar-refractivity contribution in [3.05, 3.63) is 332 Å². The smallest absolute Gasteiger partial charge is 0.131 e. The van der Waals surface area contributed by atoms with Crippen LogP contribution in [0.25, 0.3) is 89.0 Å². The zero-order valence-electron chi connectivity index (χ0n) is 54.7. The number of hydrogen-bond acceptors (Lipinski definition) is 0. The van der Waals surface area contributed by atoms with Crippen molar-refractivity contribution in [2.45, 2.75) is 91.9 Å². The van der Waals surface area contributed by atoms with Gasteiger partial charge in [-0.3, -0.25) is 0 Å². The Hall–Kier alpha value is -8.76. The Morgan fingerprint density at radius 3 is 0.663 bits per heavy atom. The van der Waals surface area contributed by atoms with Gasteiger partial charge in [-0.15, -0.1) is 0 Å². The van der Waals surface area contributed by atoms with E-state index in [0.717, 1.165) is 109 Å². The molecule has 12 heteroatoms. The molecule has 0 aliphatic rings. The fraction of sp³-hybridized carbons (Fsp3) is 0.163. The number of benzene rings is 12. The molecule has 0 nitrogen and oxygen atoms in total. The quantitative estimate of drug-likeness (QED) is 0.0593. The normalized spacial score (nSPS) is 10.9. The second-order valence-corrected chi connectivity index (χ2v) is 25.5. The summed E-state index contributed by atoms with van der Waals surface area (Å²) in [7, 11) is 0. The Morgan fingerprint density at radius 2 is 0.418 bits per heavy atom. The van der Waals surface area contributed by atoms with Crippen molar-refractivity contribution in [1.29, 1.82) is 0 Å². The largest absolute Gasteiger partial charge is 0.206 e. The highest BCUT2D eigenvalue weighted by molar-refractivity contribution is 6.31. The summed E-state index contributed by atoms with van der Waals surface area (Å²) >= 11 is 23.5. The minimum atomic E-state index is -0.385. The van der Waals surface area contributed by atoms with Crippen molar-refractivity contribution in [3.63, 3.8) is 0 Å². The Labute approximate surface area is 590 Å². The number of unbranched alkanes of at least 4 members (excludes halogenated alkanes) is 3. The Bertz CT molecular complexity index is 4630. The maximum absolute atomic E-state index is 14.6. The zero-order chi connectivity index (χ0) is 69.8. The van der Waals surface area contributed by atoms with Crippen molar-refractivity contribution in [1.82, 2.24) is 0 Å². The number of halogens is 12. The van der Waals surface area contributed by atoms with Crippen LogP contribution < -0.4 is 0 Å². The van der Waals surface area contributed by atoms with Crippen molar-refractivity contribution in [2.75, 3.05) is 0 Å². The van der Waals surface area contributed by atoms with E-state index in [1.807, 2.05) is 31.2 Å². The molecule has 500 valence electrons. The predicted octanol–water partition coefficient (Wildman–Crippen LogP) is 28.4. The summed E-state index contributed by atoms with van der Waals surface area (Å²) in [6, 6.07) is 67.7. The SMILES string of the molecule is CCCCCc1ccc(-c2ccc(-c3ccc(Cl)cc3)c(F)c2)c(F)c1.CCCCc1ccc(-c2ccc(-c3ccc(Cl)cc3)c(F)c2)c(F)c1.CCCc1ccc(-c2ccc(-c3ccc(Cl)cc3)c(F)c2)c(F)c1.CCc1ccc(-c2ccc(-c3ccc(Cl)cc3)c(F)c2)c(F)c1. The summed E-state index contributed by atoms with van der Waals surface area (Å²) < 4.78 is 116. The van der Waals surface area contributed by atoms with Gasteiger partial charge in [-0.25, -0.2) is 35.1 Å². The van der Waals surface area contributed by atoms with Crippen LogP contribution in [0.1, 0.15) is 88.5 Å². The van der Waals surface area contributed by atoms with Crippen LogP contribution in [-0.4, -0.2) is 0 Å². The molecule has 0 heterocycles. The van der Waals surface area contributed by atoms with Crippen molar-refractivity contribution >= 4 is 46.4 Å². The van der Waals surface area contributed by atoms with Gasteiger partial charge in [-0.2, -0.15) is 0 Å². The van der Waals surface area contributed by atoms with Crippen LogP contribution in [0.5, 0.6) is 0 Å². The molecule has 12 rings (SSSR count). The molecule has 0 spiro atoms. The fourth-order valence-electron chi connectivity index (χ4n) is 11.3. The first-order chi connectivity index (χ1) is 47.3. The maximum Gasteiger partial charge on any atom is 0.131 e. The predicted molar refractivity (Wildman–Crippen MR) is 394 cm³/mol. The number of aryl methyl sites for hydroxylation is 4. The van der Waals surface area contributed by atoms with E-state index in [0.29, 0.717) is 86.9 Å². The van der Waals surface area contributed by atoms with Crippen LogP contribution in [-0.2, 0) is 25.7 Å². The molecular formula is C86H72Cl4F8. The highest BCUT2D eigenvalue weighted by Crippen LogP contribution is 2.36. The summed E-state index contributed by atoms with van der Waals surface area (Å²) in [5.74, 6) is -2.80. The van der Waals surface area contributed by atoms with Gasteiger partial charge in [0.1, 0.15) is 46.5 Å². The Morgan fingerprint density at radius 1 is 0.204 bits per heavy atom. The highest BCUT2D eigenvalue weighted by atomic mass is 35.5. The first kappa shape index (κ1) is 73.5. The molecule has 0 unspecified atom stereocenters. The van der Waals surface area contributed by atoms with Crippen molar-refractivity contribution < 1.29 is 35.1 Å². The van der Waals surface area contributed by atoms with Crippen molar-refractivity contribution in [2.24, 2.45) is 0 Å². The third-order valence-electron chi connectivity index (χ3n) is 16.7. The average molecular weight is 1400 g/mol. The molecule has 0 saturated heterocycles. The third-order valence-corrected chi connectivity index (χ3v) is 17.7. The molecule has 98 heavy (non-hydrogen) atoms. The van der Waals surface area contributed by atoms with E-state index in [4.69, 9.17) is 46.4 Å². The molecule has 0 saturated carbocycles. The summed E-state index contributed by atoms with van der Waals surface area (Å²) in [6.45, 7) is 8.27. The van der Waals surface area contributed by atoms with E-state index in [2.05, 4.69) is 20.8 Å². The van der Waals surface area contributed by atoms with E-state index in [1.54, 1.807) is 182 Å². The van der Waals surface area contributed by atoms with Crippen LogP contribution in [0.4, 0.5) is 35.1 Å². The van der Waals surface area contributed by atoms with Crippen LogP contribution in [0.15, 0.2) is 243 Å². The van der Waals surface area contributed by atoms with E-state index in [1.165, 1.54) is 36.4 Å². The van der Waals surface area contributed by atoms with Gasteiger partial charge < -0.3 is 0 Å². The van der Waals surface area contributed by atoms with Crippen molar-refractivity contribution in [3.8, 4) is 89.0 Å². The van der Waals surface area contributed by atoms with Gasteiger partial charge in [0.05, 0.1) is 0 Å². The fourth-order valence-corrected chi connectivity index (χ4v) is 11.8. The van der Waals surface area contributed by atoms with E-state index >= 15 is 0 Å². The molecule has 0 bridgehead atoms. The number of rotatable bonds is 18. The van der Waals surface area contributed by atoms with E-state index in [-0.39, 0.29) is 46.5 Å². The number of hydrogen-bond donors (Lipinski definition) is 0. The first-order valence-corrected chi connectivity index (χ1v) is 34.2. The zero-order valence-corrected chi connectivity index (χ0v) is 57.7. The third kappa shape index (κ3) is 19.8. The second kappa shape index (κ2) is 35.7. The highest BCUT2D eigenvalue weighted by Gasteiger charge is 2.17. The lowest BCUT2D eigenvalue weighted by Crippen LogP contribution is -1.92. The molecule has 0 radical (unpaired) electrons. The first-order valence-electron chi connectivity index (χ1n) is 32.7. The second-order valence-electron chi connectivity index (χ2n) is 23.7. The summed E-state index contributed by atoms with van der Waals surface area (Å²) in [5.41, 5.74) is 12.5. The lowest BCUT2D eigenvalue weighted by Gasteiger charge is -2.09. The average Bonchev–Trinajstić information content (AvgIpc) is 0.835. The van der Waals surface area contributed by atoms with Crippen LogP contribution in [0, 0.1) is 46.5 Å². The minimum absolute atomic E-state index is 0.308. The molecular weight excluding hydrogens is 1330 g/mol. The van der Waals surface area contributed by atoms with Gasteiger partial charge in [0.25, 0.3) is 0 Å². The maximum atomic E-state index is 14.6. The van der Waals surface area contributed by atoms with Gasteiger partial charge in [-0.1, -0.05) is 245 Å². The van der Waals surface area contributed by atoms with Crippen LogP contribution in [0.3, 0.4) is 0 Å². The van der Waals surface area contributed by atoms with E-state index < -0.39 is 0 Å². The molecule has 12 aromatic carbocycles. The van der Waals surface area contributed by atoms with E-state index in [9.17, 15) is 35.1 Å². The van der Waals surface area contributed by atoms with Gasteiger partial charge in [0.2, 0.25) is 0 Å². The standard InChI is InChI=1S/C23H21ClF2.C22H19ClF2.C21H17ClF2.C20H15ClF2/c1-2-3-4-5-16-6-12-21(22(25)14-16)18-9-13-20(23(26)15-18)17-7-10-19(24)11-8-17;1-2-3-4-15-5-11-20(21(24)13-15)17-8-12-19(22(25)14-17)16-6-9-18(23)10-7-16;1-2-3-14-4-10-19(20(23)12-14)16-7-11-18(21(24)13-16)15-5-8-17(22)9-6-15;1-2-13-3-9-18(19(22)11-13)15-6-10-17(20(23)12-15)14-4-7-16(21)8-5-14/h6-15H,2-5H2,1H3;5-14H,2-4H2,1H3;4-13H,2-3H2,1H3;3-12H,2H2,1H3. The Kier molecular flexibility index (Phi) is 26.7. The van der Waals surface area contributed by atoms with Crippen LogP contribution >= 0.6 is 46.4 Å². The summed E-state index contributed by atoms with van der Waals surface area (Å²) in [6.07, 6.45) is 9.72. The molecule has 0 aliphatic carbocycles. The summed E-state index contributed by atoms with van der Waals surface area (Å²) in [4.78, 5) is 0. The molecule has 12 aromatic rings. The van der Waals surface area contributed by atoms with Gasteiger partial charge in [0, 0.05) is 64.6 Å². The lowest BCUT2D eigenvalue weighted by molar-refractivity contribution is 0.623. The molecule has 0 amide bonds. The van der Waals surface area contributed by atoms with Crippen LogP contribution in [0.2, 0.25) is 20.1 Å². The van der Waals surface area contributed by atoms with Gasteiger partial charge in [0.15, 0.2) is 0 Å². The lowest BCUT2D eigenvalue weighted by atomic mass is 9.97. The molecule has 0 N–H and O–H groups in total. The van der Waals surface area contributed by atoms with Gasteiger partial charge >= 0.3 is 0 Å². The molecule has 0 fully saturated rings.